The van der Waals surface area contributed by atoms with Crippen LogP contribution in [0.3, 0.4) is 0 Å². The van der Waals surface area contributed by atoms with Gasteiger partial charge in [0.1, 0.15) is 0 Å². The van der Waals surface area contributed by atoms with Crippen LogP contribution in [0, 0.1) is 40.4 Å². The molecule has 6 unspecified atom stereocenters. The van der Waals surface area contributed by atoms with Gasteiger partial charge in [-0.05, 0) is 78.9 Å². The lowest BCUT2D eigenvalue weighted by molar-refractivity contribution is -0.228. The van der Waals surface area contributed by atoms with Crippen molar-refractivity contribution in [2.45, 2.75) is 59.3 Å². The van der Waals surface area contributed by atoms with Crippen LogP contribution in [0.1, 0.15) is 59.3 Å². The van der Waals surface area contributed by atoms with Crippen molar-refractivity contribution in [3.8, 4) is 0 Å². The summed E-state index contributed by atoms with van der Waals surface area (Å²) in [5.41, 5.74) is 1.66. The van der Waals surface area contributed by atoms with Gasteiger partial charge in [-0.1, -0.05) is 20.8 Å². The Bertz CT molecular complexity index is 331. The SMILES string of the molecule is CC(C)CC1CC2CC1(C)C13CCC1CC23. The van der Waals surface area contributed by atoms with Gasteiger partial charge in [-0.3, -0.25) is 0 Å². The summed E-state index contributed by atoms with van der Waals surface area (Å²) in [7, 11) is 0. The molecule has 0 aliphatic heterocycles. The summed E-state index contributed by atoms with van der Waals surface area (Å²) in [5, 5.41) is 0. The topological polar surface area (TPSA) is 0 Å². The molecule has 0 N–H and O–H groups in total. The molecule has 0 aromatic carbocycles. The first-order chi connectivity index (χ1) is 7.58. The molecule has 1 spiro atoms. The maximum atomic E-state index is 2.69. The Labute approximate surface area is 100 Å². The van der Waals surface area contributed by atoms with E-state index in [1.807, 2.05) is 0 Å². The standard InChI is InChI=1S/C16H26/c1-10(2)6-13-7-11-9-15(13,3)16-5-4-12(16)8-14(11)16/h10-14H,4-9H2,1-3H3. The minimum absolute atomic E-state index is 0.772. The van der Waals surface area contributed by atoms with Crippen molar-refractivity contribution in [2.75, 3.05) is 0 Å². The maximum absolute atomic E-state index is 2.69. The quantitative estimate of drug-likeness (QED) is 0.640. The average molecular weight is 218 g/mol. The third-order valence-corrected chi connectivity index (χ3v) is 7.40. The Kier molecular flexibility index (Phi) is 1.68. The number of hydrogen-bond donors (Lipinski definition) is 0. The normalized spacial score (nSPS) is 61.5. The molecule has 90 valence electrons. The largest absolute Gasteiger partial charge is 0.0628 e. The molecule has 4 aliphatic rings. The molecule has 0 heterocycles. The van der Waals surface area contributed by atoms with Crippen molar-refractivity contribution < 1.29 is 0 Å². The first-order valence-corrected chi connectivity index (χ1v) is 7.58. The second-order valence-corrected chi connectivity index (χ2v) is 8.06. The molecular weight excluding hydrogens is 192 g/mol. The van der Waals surface area contributed by atoms with Gasteiger partial charge in [0.15, 0.2) is 0 Å². The predicted molar refractivity (Wildman–Crippen MR) is 67.0 cm³/mol. The predicted octanol–water partition coefficient (Wildman–Crippen LogP) is 4.49. The Morgan fingerprint density at radius 2 is 2.06 bits per heavy atom. The highest BCUT2D eigenvalue weighted by atomic mass is 14.8. The van der Waals surface area contributed by atoms with Gasteiger partial charge >= 0.3 is 0 Å². The Hall–Kier alpha value is 0. The molecule has 0 heteroatoms. The van der Waals surface area contributed by atoms with E-state index in [9.17, 15) is 0 Å². The van der Waals surface area contributed by atoms with Gasteiger partial charge in [0.05, 0.1) is 0 Å². The van der Waals surface area contributed by atoms with Crippen molar-refractivity contribution in [1.82, 2.24) is 0 Å². The molecule has 6 atom stereocenters. The monoisotopic (exact) mass is 218 g/mol. The Morgan fingerprint density at radius 1 is 1.25 bits per heavy atom. The van der Waals surface area contributed by atoms with E-state index < -0.39 is 0 Å². The van der Waals surface area contributed by atoms with Crippen molar-refractivity contribution in [3.63, 3.8) is 0 Å². The molecule has 0 aromatic rings. The van der Waals surface area contributed by atoms with E-state index in [0.29, 0.717) is 0 Å². The van der Waals surface area contributed by atoms with E-state index >= 15 is 0 Å². The lowest BCUT2D eigenvalue weighted by Crippen LogP contribution is -2.64. The maximum Gasteiger partial charge on any atom is -0.0181 e. The first-order valence-electron chi connectivity index (χ1n) is 7.58. The van der Waals surface area contributed by atoms with Gasteiger partial charge in [0, 0.05) is 0 Å². The highest BCUT2D eigenvalue weighted by Crippen LogP contribution is 2.85. The van der Waals surface area contributed by atoms with Crippen molar-refractivity contribution >= 4 is 0 Å². The smallest absolute Gasteiger partial charge is 0.0181 e. The van der Waals surface area contributed by atoms with Gasteiger partial charge in [0.2, 0.25) is 0 Å². The summed E-state index contributed by atoms with van der Waals surface area (Å²) >= 11 is 0. The Morgan fingerprint density at radius 3 is 2.62 bits per heavy atom. The first kappa shape index (κ1) is 9.97. The summed E-state index contributed by atoms with van der Waals surface area (Å²) in [6.07, 6.45) is 9.50. The molecule has 0 radical (unpaired) electrons. The lowest BCUT2D eigenvalue weighted by atomic mass is 9.33. The molecule has 16 heavy (non-hydrogen) atoms. The summed E-state index contributed by atoms with van der Waals surface area (Å²) < 4.78 is 0. The average Bonchev–Trinajstić information content (AvgIpc) is 2.59. The number of rotatable bonds is 2. The van der Waals surface area contributed by atoms with Gasteiger partial charge in [-0.15, -0.1) is 0 Å². The summed E-state index contributed by atoms with van der Waals surface area (Å²) in [6.45, 7) is 7.53. The number of hydrogen-bond acceptors (Lipinski definition) is 0. The van der Waals surface area contributed by atoms with Crippen molar-refractivity contribution in [3.05, 3.63) is 0 Å². The zero-order valence-electron chi connectivity index (χ0n) is 11.1. The Balaban J connectivity index is 1.67. The molecule has 4 aliphatic carbocycles. The lowest BCUT2D eigenvalue weighted by Gasteiger charge is -2.71. The fourth-order valence-electron chi connectivity index (χ4n) is 6.84. The van der Waals surface area contributed by atoms with Crippen LogP contribution in [-0.4, -0.2) is 0 Å². The molecular formula is C16H26. The molecule has 4 fully saturated rings. The van der Waals surface area contributed by atoms with E-state index in [4.69, 9.17) is 0 Å². The highest BCUT2D eigenvalue weighted by molar-refractivity contribution is 5.26. The van der Waals surface area contributed by atoms with Gasteiger partial charge in [0.25, 0.3) is 0 Å². The zero-order chi connectivity index (χ0) is 11.1. The molecule has 0 saturated heterocycles. The minimum Gasteiger partial charge on any atom is -0.0628 e. The van der Waals surface area contributed by atoms with E-state index in [-0.39, 0.29) is 0 Å². The second-order valence-electron chi connectivity index (χ2n) is 8.06. The third-order valence-electron chi connectivity index (χ3n) is 7.40. The summed E-state index contributed by atoms with van der Waals surface area (Å²) in [5.74, 6) is 5.49. The van der Waals surface area contributed by atoms with Crippen LogP contribution in [-0.2, 0) is 0 Å². The summed E-state index contributed by atoms with van der Waals surface area (Å²) in [4.78, 5) is 0. The fourth-order valence-corrected chi connectivity index (χ4v) is 6.84. The van der Waals surface area contributed by atoms with Crippen LogP contribution in [0.2, 0.25) is 0 Å². The van der Waals surface area contributed by atoms with Crippen LogP contribution < -0.4 is 0 Å². The van der Waals surface area contributed by atoms with E-state index in [2.05, 4.69) is 20.8 Å². The van der Waals surface area contributed by atoms with Crippen LogP contribution in [0.25, 0.3) is 0 Å². The van der Waals surface area contributed by atoms with E-state index in [1.54, 1.807) is 32.1 Å². The molecule has 0 nitrogen and oxygen atoms in total. The van der Waals surface area contributed by atoms with E-state index in [1.165, 1.54) is 18.3 Å². The fraction of sp³-hybridized carbons (Fsp3) is 1.00. The second kappa shape index (κ2) is 2.70. The minimum atomic E-state index is 0.772. The molecule has 4 saturated carbocycles. The summed E-state index contributed by atoms with van der Waals surface area (Å²) in [6, 6.07) is 0. The molecule has 0 amide bonds. The van der Waals surface area contributed by atoms with Gasteiger partial charge in [-0.2, -0.15) is 0 Å². The van der Waals surface area contributed by atoms with Gasteiger partial charge < -0.3 is 0 Å². The van der Waals surface area contributed by atoms with Gasteiger partial charge in [-0.25, -0.2) is 0 Å². The van der Waals surface area contributed by atoms with Crippen molar-refractivity contribution in [1.29, 1.82) is 0 Å². The highest BCUT2D eigenvalue weighted by Gasteiger charge is 2.77. The number of fused-ring (bicyclic) bond motifs is 3. The zero-order valence-corrected chi connectivity index (χ0v) is 11.1. The van der Waals surface area contributed by atoms with Crippen molar-refractivity contribution in [2.24, 2.45) is 40.4 Å². The molecule has 0 aromatic heterocycles. The third kappa shape index (κ3) is 0.811. The van der Waals surface area contributed by atoms with Crippen LogP contribution in [0.5, 0.6) is 0 Å². The molecule has 2 bridgehead atoms. The van der Waals surface area contributed by atoms with Crippen LogP contribution in [0.4, 0.5) is 0 Å². The van der Waals surface area contributed by atoms with Crippen LogP contribution >= 0.6 is 0 Å². The molecule has 4 rings (SSSR count). The van der Waals surface area contributed by atoms with E-state index in [0.717, 1.165) is 28.6 Å². The van der Waals surface area contributed by atoms with Crippen LogP contribution in [0.15, 0.2) is 0 Å².